The lowest BCUT2D eigenvalue weighted by Gasteiger charge is -2.15. The van der Waals surface area contributed by atoms with Crippen molar-refractivity contribution < 1.29 is 14.7 Å². The quantitative estimate of drug-likeness (QED) is 0.860. The standard InChI is InChI=1S/C13H18N2O3S/c1-8-15-9(7-19-8)5-6-14-12(16)10-3-2-4-11(10)13(17)18/h7,10-11H,2-6H2,1H3,(H,14,16)(H,17,18)/t10-,11+/m1/s1. The molecule has 1 aliphatic carbocycles. The first-order valence-corrected chi connectivity index (χ1v) is 7.37. The van der Waals surface area contributed by atoms with Crippen molar-refractivity contribution in [3.05, 3.63) is 16.1 Å². The Kier molecular flexibility index (Phi) is 4.52. The second-order valence-corrected chi connectivity index (χ2v) is 5.94. The highest BCUT2D eigenvalue weighted by atomic mass is 32.1. The minimum atomic E-state index is -0.854. The zero-order chi connectivity index (χ0) is 13.8. The molecule has 1 aliphatic rings. The molecular formula is C13H18N2O3S. The van der Waals surface area contributed by atoms with Gasteiger partial charge in [0.15, 0.2) is 0 Å². The summed E-state index contributed by atoms with van der Waals surface area (Å²) in [5.74, 6) is -1.86. The van der Waals surface area contributed by atoms with Crippen LogP contribution in [0.3, 0.4) is 0 Å². The van der Waals surface area contributed by atoms with E-state index in [1.807, 2.05) is 12.3 Å². The molecule has 2 rings (SSSR count). The van der Waals surface area contributed by atoms with Gasteiger partial charge in [-0.2, -0.15) is 0 Å². The maximum absolute atomic E-state index is 12.0. The summed E-state index contributed by atoms with van der Waals surface area (Å²) in [5.41, 5.74) is 0.976. The summed E-state index contributed by atoms with van der Waals surface area (Å²) in [5, 5.41) is 14.9. The maximum atomic E-state index is 12.0. The van der Waals surface area contributed by atoms with Gasteiger partial charge in [-0.05, 0) is 19.8 Å². The number of aromatic nitrogens is 1. The number of carbonyl (C=O) groups is 2. The van der Waals surface area contributed by atoms with E-state index < -0.39 is 11.9 Å². The molecule has 104 valence electrons. The fraction of sp³-hybridized carbons (Fsp3) is 0.615. The van der Waals surface area contributed by atoms with Crippen LogP contribution in [0, 0.1) is 18.8 Å². The summed E-state index contributed by atoms with van der Waals surface area (Å²) >= 11 is 1.59. The van der Waals surface area contributed by atoms with Crippen LogP contribution in [0.15, 0.2) is 5.38 Å². The Balaban J connectivity index is 1.79. The molecule has 0 unspecified atom stereocenters. The maximum Gasteiger partial charge on any atom is 0.307 e. The van der Waals surface area contributed by atoms with Crippen molar-refractivity contribution in [3.63, 3.8) is 0 Å². The number of carbonyl (C=O) groups excluding carboxylic acids is 1. The number of thiazole rings is 1. The Morgan fingerprint density at radius 3 is 2.84 bits per heavy atom. The average molecular weight is 282 g/mol. The zero-order valence-electron chi connectivity index (χ0n) is 10.9. The molecule has 0 aromatic carbocycles. The van der Waals surface area contributed by atoms with Gasteiger partial charge in [0.05, 0.1) is 22.5 Å². The molecule has 19 heavy (non-hydrogen) atoms. The molecule has 2 atom stereocenters. The van der Waals surface area contributed by atoms with E-state index in [-0.39, 0.29) is 11.8 Å². The van der Waals surface area contributed by atoms with Crippen LogP contribution in [-0.2, 0) is 16.0 Å². The van der Waals surface area contributed by atoms with Gasteiger partial charge < -0.3 is 10.4 Å². The summed E-state index contributed by atoms with van der Waals surface area (Å²) < 4.78 is 0. The van der Waals surface area contributed by atoms with E-state index in [0.717, 1.165) is 17.1 Å². The first-order valence-electron chi connectivity index (χ1n) is 6.49. The van der Waals surface area contributed by atoms with Crippen molar-refractivity contribution >= 4 is 23.2 Å². The van der Waals surface area contributed by atoms with Crippen LogP contribution in [0.1, 0.15) is 30.0 Å². The molecule has 1 heterocycles. The summed E-state index contributed by atoms with van der Waals surface area (Å²) in [4.78, 5) is 27.3. The Morgan fingerprint density at radius 2 is 2.21 bits per heavy atom. The number of nitrogens with one attached hydrogen (secondary N) is 1. The van der Waals surface area contributed by atoms with Crippen LogP contribution >= 0.6 is 11.3 Å². The Hall–Kier alpha value is -1.43. The van der Waals surface area contributed by atoms with Gasteiger partial charge in [-0.15, -0.1) is 11.3 Å². The normalized spacial score (nSPS) is 22.4. The number of amides is 1. The number of carboxylic acids is 1. The molecular weight excluding hydrogens is 264 g/mol. The van der Waals surface area contributed by atoms with E-state index in [9.17, 15) is 9.59 Å². The van der Waals surface area contributed by atoms with E-state index in [1.54, 1.807) is 11.3 Å². The minimum absolute atomic E-state index is 0.128. The molecule has 0 spiro atoms. The summed E-state index contributed by atoms with van der Waals surface area (Å²) in [6.07, 6.45) is 2.80. The van der Waals surface area contributed by atoms with Gasteiger partial charge in [0.2, 0.25) is 5.91 Å². The first-order chi connectivity index (χ1) is 9.08. The van der Waals surface area contributed by atoms with Crippen molar-refractivity contribution in [1.29, 1.82) is 0 Å². The third-order valence-corrected chi connectivity index (χ3v) is 4.34. The van der Waals surface area contributed by atoms with E-state index >= 15 is 0 Å². The van der Waals surface area contributed by atoms with E-state index in [0.29, 0.717) is 25.8 Å². The number of hydrogen-bond acceptors (Lipinski definition) is 4. The molecule has 0 bridgehead atoms. The van der Waals surface area contributed by atoms with Gasteiger partial charge in [0.25, 0.3) is 0 Å². The number of nitrogens with zero attached hydrogens (tertiary/aromatic N) is 1. The molecule has 0 saturated heterocycles. The van der Waals surface area contributed by atoms with Gasteiger partial charge in [-0.1, -0.05) is 6.42 Å². The highest BCUT2D eigenvalue weighted by Crippen LogP contribution is 2.31. The van der Waals surface area contributed by atoms with Gasteiger partial charge in [0, 0.05) is 18.3 Å². The number of carboxylic acid groups (broad SMARTS) is 1. The third kappa shape index (κ3) is 3.53. The number of rotatable bonds is 5. The van der Waals surface area contributed by atoms with Gasteiger partial charge in [0.1, 0.15) is 0 Å². The highest BCUT2D eigenvalue weighted by Gasteiger charge is 2.37. The molecule has 6 heteroatoms. The second-order valence-electron chi connectivity index (χ2n) is 4.88. The molecule has 1 aromatic heterocycles. The Morgan fingerprint density at radius 1 is 1.47 bits per heavy atom. The summed E-state index contributed by atoms with van der Waals surface area (Å²) in [6, 6.07) is 0. The largest absolute Gasteiger partial charge is 0.481 e. The first kappa shape index (κ1) is 14.0. The molecule has 1 amide bonds. The van der Waals surface area contributed by atoms with Crippen molar-refractivity contribution in [1.82, 2.24) is 10.3 Å². The van der Waals surface area contributed by atoms with Crippen LogP contribution in [0.5, 0.6) is 0 Å². The lowest BCUT2D eigenvalue weighted by Crippen LogP contribution is -2.36. The molecule has 2 N–H and O–H groups in total. The van der Waals surface area contributed by atoms with Crippen LogP contribution in [0.4, 0.5) is 0 Å². The van der Waals surface area contributed by atoms with Crippen molar-refractivity contribution in [2.45, 2.75) is 32.6 Å². The fourth-order valence-electron chi connectivity index (χ4n) is 2.54. The third-order valence-electron chi connectivity index (χ3n) is 3.52. The van der Waals surface area contributed by atoms with Crippen LogP contribution in [0.2, 0.25) is 0 Å². The van der Waals surface area contributed by atoms with Crippen molar-refractivity contribution in [2.24, 2.45) is 11.8 Å². The van der Waals surface area contributed by atoms with Crippen LogP contribution in [-0.4, -0.2) is 28.5 Å². The number of hydrogen-bond donors (Lipinski definition) is 2. The van der Waals surface area contributed by atoms with Crippen LogP contribution < -0.4 is 5.32 Å². The molecule has 1 saturated carbocycles. The molecule has 0 aliphatic heterocycles. The topological polar surface area (TPSA) is 79.3 Å². The SMILES string of the molecule is Cc1nc(CCNC(=O)[C@@H]2CCC[C@@H]2C(=O)O)cs1. The predicted octanol–water partition coefficient (Wildman–Crippen LogP) is 1.61. The minimum Gasteiger partial charge on any atom is -0.481 e. The van der Waals surface area contributed by atoms with Crippen molar-refractivity contribution in [3.8, 4) is 0 Å². The molecule has 1 aromatic rings. The summed E-state index contributed by atoms with van der Waals surface area (Å²) in [6.45, 7) is 2.47. The summed E-state index contributed by atoms with van der Waals surface area (Å²) in [7, 11) is 0. The lowest BCUT2D eigenvalue weighted by atomic mass is 9.95. The van der Waals surface area contributed by atoms with Gasteiger partial charge in [-0.3, -0.25) is 9.59 Å². The number of aryl methyl sites for hydroxylation is 1. The van der Waals surface area contributed by atoms with Gasteiger partial charge >= 0.3 is 5.97 Å². The zero-order valence-corrected chi connectivity index (χ0v) is 11.7. The van der Waals surface area contributed by atoms with E-state index in [4.69, 9.17) is 5.11 Å². The molecule has 5 nitrogen and oxygen atoms in total. The Labute approximate surface area is 116 Å². The lowest BCUT2D eigenvalue weighted by molar-refractivity contribution is -0.146. The van der Waals surface area contributed by atoms with E-state index in [1.165, 1.54) is 0 Å². The predicted molar refractivity (Wildman–Crippen MR) is 72.0 cm³/mol. The Bertz CT molecular complexity index is 472. The number of aliphatic carboxylic acids is 1. The van der Waals surface area contributed by atoms with Crippen molar-refractivity contribution in [2.75, 3.05) is 6.54 Å². The smallest absolute Gasteiger partial charge is 0.307 e. The van der Waals surface area contributed by atoms with E-state index in [2.05, 4.69) is 10.3 Å². The fourth-order valence-corrected chi connectivity index (χ4v) is 3.18. The molecule has 1 fully saturated rings. The van der Waals surface area contributed by atoms with Crippen LogP contribution in [0.25, 0.3) is 0 Å². The monoisotopic (exact) mass is 282 g/mol. The molecule has 0 radical (unpaired) electrons. The van der Waals surface area contributed by atoms with Gasteiger partial charge in [-0.25, -0.2) is 4.98 Å². The second kappa shape index (κ2) is 6.14. The average Bonchev–Trinajstić information content (AvgIpc) is 2.97. The highest BCUT2D eigenvalue weighted by molar-refractivity contribution is 7.09.